The molecular formula is C12H24N2. The summed E-state index contributed by atoms with van der Waals surface area (Å²) >= 11 is 0. The quantitative estimate of drug-likeness (QED) is 0.746. The largest absolute Gasteiger partial charge is 0.324 e. The zero-order valence-corrected chi connectivity index (χ0v) is 9.79. The third-order valence-electron chi connectivity index (χ3n) is 4.32. The van der Waals surface area contributed by atoms with Gasteiger partial charge in [0.15, 0.2) is 0 Å². The highest BCUT2D eigenvalue weighted by molar-refractivity contribution is 4.99. The van der Waals surface area contributed by atoms with Gasteiger partial charge in [-0.25, -0.2) is 0 Å². The molecule has 1 aliphatic heterocycles. The lowest BCUT2D eigenvalue weighted by Crippen LogP contribution is -2.50. The molecule has 2 fully saturated rings. The van der Waals surface area contributed by atoms with E-state index in [2.05, 4.69) is 25.7 Å². The van der Waals surface area contributed by atoms with E-state index in [1.165, 1.54) is 25.8 Å². The fourth-order valence-electron chi connectivity index (χ4n) is 2.71. The van der Waals surface area contributed by atoms with Crippen molar-refractivity contribution in [2.24, 2.45) is 17.6 Å². The molecule has 0 spiro atoms. The first-order valence-corrected chi connectivity index (χ1v) is 6.03. The van der Waals surface area contributed by atoms with Crippen molar-refractivity contribution >= 4 is 0 Å². The molecule has 82 valence electrons. The summed E-state index contributed by atoms with van der Waals surface area (Å²) < 4.78 is 0. The predicted octanol–water partition coefficient (Wildman–Crippen LogP) is 1.84. The molecular weight excluding hydrogens is 172 g/mol. The van der Waals surface area contributed by atoms with Crippen LogP contribution in [0.5, 0.6) is 0 Å². The van der Waals surface area contributed by atoms with Crippen molar-refractivity contribution in [1.29, 1.82) is 0 Å². The topological polar surface area (TPSA) is 29.3 Å². The summed E-state index contributed by atoms with van der Waals surface area (Å²) in [6.45, 7) is 9.29. The van der Waals surface area contributed by atoms with E-state index in [0.29, 0.717) is 0 Å². The Labute approximate surface area is 87.8 Å². The zero-order chi connectivity index (χ0) is 10.3. The van der Waals surface area contributed by atoms with Gasteiger partial charge in [0, 0.05) is 18.1 Å². The Morgan fingerprint density at radius 1 is 1.29 bits per heavy atom. The molecule has 3 unspecified atom stereocenters. The molecule has 2 nitrogen and oxygen atoms in total. The molecule has 0 aromatic rings. The highest BCUT2D eigenvalue weighted by Crippen LogP contribution is 2.39. The maximum atomic E-state index is 6.37. The third kappa shape index (κ3) is 1.96. The second-order valence-corrected chi connectivity index (χ2v) is 5.76. The van der Waals surface area contributed by atoms with Crippen molar-refractivity contribution in [2.45, 2.75) is 51.6 Å². The number of nitrogens with two attached hydrogens (primary N) is 1. The van der Waals surface area contributed by atoms with E-state index in [9.17, 15) is 0 Å². The Hall–Kier alpha value is -0.0800. The van der Waals surface area contributed by atoms with Crippen molar-refractivity contribution in [1.82, 2.24) is 4.90 Å². The molecule has 0 aromatic carbocycles. The molecule has 2 heteroatoms. The summed E-state index contributed by atoms with van der Waals surface area (Å²) in [5.74, 6) is 1.65. The van der Waals surface area contributed by atoms with Crippen LogP contribution in [-0.4, -0.2) is 29.6 Å². The smallest absolute Gasteiger partial charge is 0.0283 e. The van der Waals surface area contributed by atoms with E-state index in [4.69, 9.17) is 5.73 Å². The van der Waals surface area contributed by atoms with Crippen LogP contribution in [0.25, 0.3) is 0 Å². The molecule has 2 aliphatic rings. The zero-order valence-electron chi connectivity index (χ0n) is 9.79. The summed E-state index contributed by atoms with van der Waals surface area (Å²) in [6, 6.07) is 0.733. The SMILES string of the molecule is CC1CCN(CC(C)(N)C2CC2)C1C. The summed E-state index contributed by atoms with van der Waals surface area (Å²) in [6.07, 6.45) is 4.05. The van der Waals surface area contributed by atoms with Crippen LogP contribution in [0.4, 0.5) is 0 Å². The Bertz CT molecular complexity index is 208. The van der Waals surface area contributed by atoms with Gasteiger partial charge in [0.1, 0.15) is 0 Å². The molecule has 0 radical (unpaired) electrons. The van der Waals surface area contributed by atoms with Crippen LogP contribution < -0.4 is 5.73 Å². The molecule has 14 heavy (non-hydrogen) atoms. The van der Waals surface area contributed by atoms with Crippen LogP contribution >= 0.6 is 0 Å². The summed E-state index contributed by atoms with van der Waals surface area (Å²) in [5, 5.41) is 0. The van der Waals surface area contributed by atoms with Gasteiger partial charge in [0.05, 0.1) is 0 Å². The summed E-state index contributed by atoms with van der Waals surface area (Å²) in [5.41, 5.74) is 6.44. The van der Waals surface area contributed by atoms with Gasteiger partial charge in [-0.2, -0.15) is 0 Å². The number of nitrogens with zero attached hydrogens (tertiary/aromatic N) is 1. The Balaban J connectivity index is 1.90. The molecule has 1 aliphatic carbocycles. The summed E-state index contributed by atoms with van der Waals surface area (Å²) in [7, 11) is 0. The van der Waals surface area contributed by atoms with Gasteiger partial charge in [-0.3, -0.25) is 4.90 Å². The van der Waals surface area contributed by atoms with Crippen LogP contribution in [0.3, 0.4) is 0 Å². The van der Waals surface area contributed by atoms with Crippen molar-refractivity contribution < 1.29 is 0 Å². The second kappa shape index (κ2) is 3.49. The first kappa shape index (κ1) is 10.4. The predicted molar refractivity (Wildman–Crippen MR) is 60.1 cm³/mol. The highest BCUT2D eigenvalue weighted by Gasteiger charge is 2.41. The fraction of sp³-hybridized carbons (Fsp3) is 1.00. The van der Waals surface area contributed by atoms with E-state index in [1.807, 2.05) is 0 Å². The molecule has 2 N–H and O–H groups in total. The van der Waals surface area contributed by atoms with Gasteiger partial charge in [0.25, 0.3) is 0 Å². The normalized spacial score (nSPS) is 38.6. The van der Waals surface area contributed by atoms with E-state index in [1.54, 1.807) is 0 Å². The van der Waals surface area contributed by atoms with E-state index in [-0.39, 0.29) is 5.54 Å². The average Bonchev–Trinajstić information content (AvgIpc) is 2.89. The maximum Gasteiger partial charge on any atom is 0.0283 e. The lowest BCUT2D eigenvalue weighted by atomic mass is 9.96. The molecule has 1 saturated heterocycles. The minimum absolute atomic E-state index is 0.0678. The average molecular weight is 196 g/mol. The molecule has 2 rings (SSSR count). The number of likely N-dealkylation sites (tertiary alicyclic amines) is 1. The van der Waals surface area contributed by atoms with Crippen LogP contribution in [0.15, 0.2) is 0 Å². The molecule has 3 atom stereocenters. The number of rotatable bonds is 3. The van der Waals surface area contributed by atoms with Gasteiger partial charge in [0.2, 0.25) is 0 Å². The molecule has 1 heterocycles. The van der Waals surface area contributed by atoms with E-state index < -0.39 is 0 Å². The van der Waals surface area contributed by atoms with Crippen molar-refractivity contribution in [3.05, 3.63) is 0 Å². The van der Waals surface area contributed by atoms with Crippen LogP contribution in [0, 0.1) is 11.8 Å². The first-order valence-electron chi connectivity index (χ1n) is 6.03. The number of hydrogen-bond acceptors (Lipinski definition) is 2. The van der Waals surface area contributed by atoms with Gasteiger partial charge < -0.3 is 5.73 Å². The van der Waals surface area contributed by atoms with Crippen molar-refractivity contribution in [3.63, 3.8) is 0 Å². The van der Waals surface area contributed by atoms with Gasteiger partial charge in [-0.1, -0.05) is 6.92 Å². The van der Waals surface area contributed by atoms with Crippen molar-refractivity contribution in [3.8, 4) is 0 Å². The summed E-state index contributed by atoms with van der Waals surface area (Å²) in [4.78, 5) is 2.59. The van der Waals surface area contributed by atoms with Gasteiger partial charge >= 0.3 is 0 Å². The monoisotopic (exact) mass is 196 g/mol. The molecule has 1 saturated carbocycles. The molecule has 0 aromatic heterocycles. The highest BCUT2D eigenvalue weighted by atomic mass is 15.2. The lowest BCUT2D eigenvalue weighted by Gasteiger charge is -2.33. The second-order valence-electron chi connectivity index (χ2n) is 5.76. The molecule has 0 amide bonds. The maximum absolute atomic E-state index is 6.37. The van der Waals surface area contributed by atoms with Crippen molar-refractivity contribution in [2.75, 3.05) is 13.1 Å². The van der Waals surface area contributed by atoms with E-state index >= 15 is 0 Å². The lowest BCUT2D eigenvalue weighted by molar-refractivity contribution is 0.185. The third-order valence-corrected chi connectivity index (χ3v) is 4.32. The van der Waals surface area contributed by atoms with Crippen LogP contribution in [-0.2, 0) is 0 Å². The van der Waals surface area contributed by atoms with Gasteiger partial charge in [-0.15, -0.1) is 0 Å². The van der Waals surface area contributed by atoms with Crippen LogP contribution in [0.2, 0.25) is 0 Å². The Morgan fingerprint density at radius 3 is 2.36 bits per heavy atom. The fourth-order valence-corrected chi connectivity index (χ4v) is 2.71. The minimum atomic E-state index is 0.0678. The van der Waals surface area contributed by atoms with E-state index in [0.717, 1.165) is 24.4 Å². The van der Waals surface area contributed by atoms with Crippen LogP contribution in [0.1, 0.15) is 40.0 Å². The number of hydrogen-bond donors (Lipinski definition) is 1. The first-order chi connectivity index (χ1) is 6.50. The standard InChI is InChI=1S/C12H24N2/c1-9-6-7-14(10(9)2)8-12(3,13)11-4-5-11/h9-11H,4-8,13H2,1-3H3. The van der Waals surface area contributed by atoms with Gasteiger partial charge in [-0.05, 0) is 51.5 Å². The Kier molecular flexibility index (Phi) is 2.61. The minimum Gasteiger partial charge on any atom is -0.324 e. The Morgan fingerprint density at radius 2 is 1.93 bits per heavy atom. The molecule has 0 bridgehead atoms.